The predicted octanol–water partition coefficient (Wildman–Crippen LogP) is 4.26. The van der Waals surface area contributed by atoms with E-state index < -0.39 is 0 Å². The van der Waals surface area contributed by atoms with Crippen molar-refractivity contribution in [3.05, 3.63) is 42.6 Å². The minimum Gasteiger partial charge on any atom is -0.236 e. The van der Waals surface area contributed by atoms with E-state index in [1.165, 1.54) is 17.7 Å². The van der Waals surface area contributed by atoms with Gasteiger partial charge in [0.05, 0.1) is 9.26 Å². The molecule has 88 valence electrons. The van der Waals surface area contributed by atoms with Gasteiger partial charge in [-0.2, -0.15) is 0 Å². The van der Waals surface area contributed by atoms with Gasteiger partial charge >= 0.3 is 0 Å². The summed E-state index contributed by atoms with van der Waals surface area (Å²) in [5.74, 6) is 1.46. The summed E-state index contributed by atoms with van der Waals surface area (Å²) in [6.07, 6.45) is 3.26. The van der Waals surface area contributed by atoms with Gasteiger partial charge in [-0.1, -0.05) is 17.7 Å². The van der Waals surface area contributed by atoms with Gasteiger partial charge in [0.2, 0.25) is 0 Å². The van der Waals surface area contributed by atoms with Gasteiger partial charge in [-0.3, -0.25) is 0 Å². The Morgan fingerprint density at radius 2 is 2.24 bits per heavy atom. The lowest BCUT2D eigenvalue weighted by Gasteiger charge is -2.06. The van der Waals surface area contributed by atoms with Crippen LogP contribution in [0.2, 0.25) is 5.15 Å². The summed E-state index contributed by atoms with van der Waals surface area (Å²) in [6.45, 7) is 0. The van der Waals surface area contributed by atoms with Crippen molar-refractivity contribution >= 4 is 45.5 Å². The van der Waals surface area contributed by atoms with E-state index in [1.807, 2.05) is 0 Å². The molecule has 2 nitrogen and oxygen atoms in total. The standard InChI is InChI=1S/C12H10ClIN2S/c13-12-10(14)11(7-3-4-7)15-9(16-12)6-8-2-1-5-17-8/h1-2,5,7H,3-4,6H2. The highest BCUT2D eigenvalue weighted by Gasteiger charge is 2.29. The third kappa shape index (κ3) is 2.63. The van der Waals surface area contributed by atoms with E-state index in [0.29, 0.717) is 11.1 Å². The van der Waals surface area contributed by atoms with Crippen molar-refractivity contribution in [2.75, 3.05) is 0 Å². The molecule has 2 aromatic rings. The van der Waals surface area contributed by atoms with E-state index >= 15 is 0 Å². The summed E-state index contributed by atoms with van der Waals surface area (Å²) in [5, 5.41) is 2.68. The molecule has 3 rings (SSSR count). The average molecular weight is 377 g/mol. The quantitative estimate of drug-likeness (QED) is 0.591. The first-order valence-corrected chi connectivity index (χ1v) is 7.82. The fraction of sp³-hybridized carbons (Fsp3) is 0.333. The second-order valence-corrected chi connectivity index (χ2v) is 6.63. The molecule has 0 amide bonds. The summed E-state index contributed by atoms with van der Waals surface area (Å²) in [7, 11) is 0. The molecule has 0 aliphatic heterocycles. The summed E-state index contributed by atoms with van der Waals surface area (Å²) in [5.41, 5.74) is 1.15. The maximum Gasteiger partial charge on any atom is 0.146 e. The summed E-state index contributed by atoms with van der Waals surface area (Å²) in [6, 6.07) is 4.16. The first-order chi connectivity index (χ1) is 8.24. The van der Waals surface area contributed by atoms with Gasteiger partial charge in [0.1, 0.15) is 11.0 Å². The number of thiophene rings is 1. The van der Waals surface area contributed by atoms with E-state index in [1.54, 1.807) is 11.3 Å². The van der Waals surface area contributed by atoms with Crippen molar-refractivity contribution in [1.29, 1.82) is 0 Å². The zero-order chi connectivity index (χ0) is 11.8. The first-order valence-electron chi connectivity index (χ1n) is 5.48. The predicted molar refractivity (Wildman–Crippen MR) is 78.9 cm³/mol. The largest absolute Gasteiger partial charge is 0.236 e. The topological polar surface area (TPSA) is 25.8 Å². The lowest BCUT2D eigenvalue weighted by atomic mass is 10.2. The second-order valence-electron chi connectivity index (χ2n) is 4.16. The minimum atomic E-state index is 0.606. The lowest BCUT2D eigenvalue weighted by molar-refractivity contribution is 0.894. The number of hydrogen-bond acceptors (Lipinski definition) is 3. The summed E-state index contributed by atoms with van der Waals surface area (Å²) in [4.78, 5) is 10.3. The van der Waals surface area contributed by atoms with Gasteiger partial charge in [-0.25, -0.2) is 9.97 Å². The fourth-order valence-electron chi connectivity index (χ4n) is 1.76. The lowest BCUT2D eigenvalue weighted by Crippen LogP contribution is -2.03. The molecule has 0 radical (unpaired) electrons. The van der Waals surface area contributed by atoms with Crippen LogP contribution in [0.1, 0.15) is 35.2 Å². The number of halogens is 2. The third-order valence-electron chi connectivity index (χ3n) is 2.76. The number of aromatic nitrogens is 2. The van der Waals surface area contributed by atoms with Crippen molar-refractivity contribution in [2.24, 2.45) is 0 Å². The highest BCUT2D eigenvalue weighted by molar-refractivity contribution is 14.1. The molecule has 2 aromatic heterocycles. The van der Waals surface area contributed by atoms with Gasteiger partial charge in [-0.15, -0.1) is 11.3 Å². The molecule has 0 N–H and O–H groups in total. The molecule has 1 aliphatic rings. The average Bonchev–Trinajstić information content (AvgIpc) is 3.02. The number of rotatable bonds is 3. The van der Waals surface area contributed by atoms with Gasteiger partial charge in [0.25, 0.3) is 0 Å². The SMILES string of the molecule is Clc1nc(Cc2cccs2)nc(C2CC2)c1I. The Kier molecular flexibility index (Phi) is 3.36. The molecule has 0 bridgehead atoms. The summed E-state index contributed by atoms with van der Waals surface area (Å²) >= 11 is 10.2. The normalized spacial score (nSPS) is 15.2. The zero-order valence-electron chi connectivity index (χ0n) is 8.99. The molecule has 0 aromatic carbocycles. The van der Waals surface area contributed by atoms with Crippen LogP contribution >= 0.6 is 45.5 Å². The Balaban J connectivity index is 1.94. The highest BCUT2D eigenvalue weighted by atomic mass is 127. The minimum absolute atomic E-state index is 0.606. The van der Waals surface area contributed by atoms with Crippen molar-refractivity contribution in [3.63, 3.8) is 0 Å². The maximum atomic E-state index is 6.18. The Bertz CT molecular complexity index is 538. The Hall–Kier alpha value is -0.200. The van der Waals surface area contributed by atoms with Crippen molar-refractivity contribution < 1.29 is 0 Å². The fourth-order valence-corrected chi connectivity index (χ4v) is 3.33. The van der Waals surface area contributed by atoms with E-state index in [4.69, 9.17) is 11.6 Å². The van der Waals surface area contributed by atoms with Gasteiger partial charge < -0.3 is 0 Å². The molecule has 1 fully saturated rings. The van der Waals surface area contributed by atoms with E-state index in [-0.39, 0.29) is 0 Å². The second kappa shape index (κ2) is 4.82. The van der Waals surface area contributed by atoms with Crippen LogP contribution in [-0.4, -0.2) is 9.97 Å². The first kappa shape index (κ1) is 11.9. The van der Waals surface area contributed by atoms with Crippen LogP contribution in [-0.2, 0) is 6.42 Å². The van der Waals surface area contributed by atoms with Crippen molar-refractivity contribution in [2.45, 2.75) is 25.2 Å². The van der Waals surface area contributed by atoms with E-state index in [2.05, 4.69) is 50.1 Å². The zero-order valence-corrected chi connectivity index (χ0v) is 12.7. The molecule has 1 aliphatic carbocycles. The van der Waals surface area contributed by atoms with Gasteiger partial charge in [0, 0.05) is 17.2 Å². The Morgan fingerprint density at radius 3 is 2.88 bits per heavy atom. The van der Waals surface area contributed by atoms with Crippen molar-refractivity contribution in [3.8, 4) is 0 Å². The van der Waals surface area contributed by atoms with Crippen molar-refractivity contribution in [1.82, 2.24) is 9.97 Å². The highest BCUT2D eigenvalue weighted by Crippen LogP contribution is 2.42. The van der Waals surface area contributed by atoms with E-state index in [9.17, 15) is 0 Å². The monoisotopic (exact) mass is 376 g/mol. The molecule has 0 unspecified atom stereocenters. The smallest absolute Gasteiger partial charge is 0.146 e. The molecular formula is C12H10ClIN2S. The van der Waals surface area contributed by atoms with Crippen LogP contribution in [0.3, 0.4) is 0 Å². The summed E-state index contributed by atoms with van der Waals surface area (Å²) < 4.78 is 1.03. The van der Waals surface area contributed by atoms with Crippen LogP contribution in [0, 0.1) is 3.57 Å². The van der Waals surface area contributed by atoms with Crippen LogP contribution in [0.25, 0.3) is 0 Å². The molecule has 17 heavy (non-hydrogen) atoms. The van der Waals surface area contributed by atoms with Crippen LogP contribution in [0.4, 0.5) is 0 Å². The molecular weight excluding hydrogens is 367 g/mol. The Labute approximate surface area is 123 Å². The van der Waals surface area contributed by atoms with E-state index in [0.717, 1.165) is 21.5 Å². The molecule has 0 saturated heterocycles. The van der Waals surface area contributed by atoms with Crippen LogP contribution in [0.15, 0.2) is 17.5 Å². The maximum absolute atomic E-state index is 6.18. The van der Waals surface area contributed by atoms with Crippen LogP contribution < -0.4 is 0 Å². The Morgan fingerprint density at radius 1 is 1.41 bits per heavy atom. The van der Waals surface area contributed by atoms with Gasteiger partial charge in [0.15, 0.2) is 0 Å². The molecule has 1 saturated carbocycles. The van der Waals surface area contributed by atoms with Crippen LogP contribution in [0.5, 0.6) is 0 Å². The molecule has 2 heterocycles. The third-order valence-corrected chi connectivity index (χ3v) is 5.29. The number of nitrogens with zero attached hydrogens (tertiary/aromatic N) is 2. The number of hydrogen-bond donors (Lipinski definition) is 0. The molecule has 5 heteroatoms. The van der Waals surface area contributed by atoms with Gasteiger partial charge in [-0.05, 0) is 46.9 Å². The molecule has 0 atom stereocenters. The molecule has 0 spiro atoms.